The van der Waals surface area contributed by atoms with Gasteiger partial charge in [-0.05, 0) is 69.4 Å². The molecule has 1 N–H and O–H groups in total. The molecule has 0 aromatic rings. The van der Waals surface area contributed by atoms with Crippen LogP contribution in [0.25, 0.3) is 0 Å². The zero-order chi connectivity index (χ0) is 11.5. The SMILES string of the molecule is C1CC(CN(CC2CC2)CC2CCCNC2)C1. The van der Waals surface area contributed by atoms with Crippen LogP contribution in [0.4, 0.5) is 0 Å². The molecule has 2 nitrogen and oxygen atoms in total. The molecule has 0 spiro atoms. The smallest absolute Gasteiger partial charge is 0.00220 e. The Kier molecular flexibility index (Phi) is 4.02. The summed E-state index contributed by atoms with van der Waals surface area (Å²) in [6, 6.07) is 0. The van der Waals surface area contributed by atoms with E-state index in [-0.39, 0.29) is 0 Å². The lowest BCUT2D eigenvalue weighted by Crippen LogP contribution is -2.41. The Morgan fingerprint density at radius 2 is 1.41 bits per heavy atom. The molecule has 0 bridgehead atoms. The maximum Gasteiger partial charge on any atom is 0.00220 e. The summed E-state index contributed by atoms with van der Waals surface area (Å²) in [6.07, 6.45) is 10.4. The first kappa shape index (κ1) is 12.0. The molecule has 1 unspecified atom stereocenters. The number of nitrogens with one attached hydrogen (secondary N) is 1. The molecule has 3 rings (SSSR count). The minimum absolute atomic E-state index is 0.933. The zero-order valence-corrected chi connectivity index (χ0v) is 11.2. The van der Waals surface area contributed by atoms with Crippen LogP contribution in [0.3, 0.4) is 0 Å². The predicted octanol–water partition coefficient (Wildman–Crippen LogP) is 2.50. The van der Waals surface area contributed by atoms with Crippen molar-refractivity contribution in [1.82, 2.24) is 10.2 Å². The molecular formula is C15H28N2. The molecule has 0 aromatic heterocycles. The van der Waals surface area contributed by atoms with Gasteiger partial charge in [-0.3, -0.25) is 0 Å². The van der Waals surface area contributed by atoms with Gasteiger partial charge in [0.15, 0.2) is 0 Å². The van der Waals surface area contributed by atoms with E-state index >= 15 is 0 Å². The fourth-order valence-electron chi connectivity index (χ4n) is 3.37. The van der Waals surface area contributed by atoms with Gasteiger partial charge in [0.05, 0.1) is 0 Å². The molecule has 98 valence electrons. The van der Waals surface area contributed by atoms with E-state index in [1.54, 1.807) is 0 Å². The van der Waals surface area contributed by atoms with Crippen molar-refractivity contribution in [2.45, 2.75) is 44.9 Å². The van der Waals surface area contributed by atoms with E-state index in [1.165, 1.54) is 77.7 Å². The molecule has 1 saturated heterocycles. The highest BCUT2D eigenvalue weighted by Gasteiger charge is 2.28. The van der Waals surface area contributed by atoms with Crippen molar-refractivity contribution in [3.63, 3.8) is 0 Å². The van der Waals surface area contributed by atoms with Crippen molar-refractivity contribution in [3.05, 3.63) is 0 Å². The summed E-state index contributed by atoms with van der Waals surface area (Å²) in [6.45, 7) is 6.72. The van der Waals surface area contributed by atoms with Crippen molar-refractivity contribution in [2.24, 2.45) is 17.8 Å². The van der Waals surface area contributed by atoms with Gasteiger partial charge in [0.1, 0.15) is 0 Å². The van der Waals surface area contributed by atoms with Gasteiger partial charge in [0, 0.05) is 19.6 Å². The van der Waals surface area contributed by atoms with Crippen LogP contribution in [0.5, 0.6) is 0 Å². The van der Waals surface area contributed by atoms with E-state index in [0.717, 1.165) is 17.8 Å². The third kappa shape index (κ3) is 3.69. The Labute approximate surface area is 106 Å². The number of piperidine rings is 1. The van der Waals surface area contributed by atoms with Gasteiger partial charge in [-0.15, -0.1) is 0 Å². The first-order chi connectivity index (χ1) is 8.40. The molecule has 1 aliphatic heterocycles. The number of hydrogen-bond acceptors (Lipinski definition) is 2. The molecule has 17 heavy (non-hydrogen) atoms. The van der Waals surface area contributed by atoms with Crippen LogP contribution < -0.4 is 5.32 Å². The highest BCUT2D eigenvalue weighted by Crippen LogP contribution is 2.32. The standard InChI is InChI=1S/C15H28N2/c1-3-13(4-1)10-17(11-14-6-7-14)12-15-5-2-8-16-9-15/h13-16H,1-12H2. The molecule has 2 saturated carbocycles. The normalized spacial score (nSPS) is 30.5. The van der Waals surface area contributed by atoms with Crippen LogP contribution >= 0.6 is 0 Å². The third-order valence-corrected chi connectivity index (χ3v) is 4.87. The fraction of sp³-hybridized carbons (Fsp3) is 1.00. The number of hydrogen-bond donors (Lipinski definition) is 1. The molecule has 2 heteroatoms. The number of nitrogens with zero attached hydrogens (tertiary/aromatic N) is 1. The zero-order valence-electron chi connectivity index (χ0n) is 11.2. The summed E-state index contributed by atoms with van der Waals surface area (Å²) < 4.78 is 0. The first-order valence-electron chi connectivity index (χ1n) is 7.83. The Morgan fingerprint density at radius 3 is 1.94 bits per heavy atom. The average Bonchev–Trinajstić information content (AvgIpc) is 3.09. The van der Waals surface area contributed by atoms with Crippen molar-refractivity contribution < 1.29 is 0 Å². The average molecular weight is 236 g/mol. The minimum atomic E-state index is 0.933. The second-order valence-corrected chi connectivity index (χ2v) is 6.67. The van der Waals surface area contributed by atoms with Gasteiger partial charge in [-0.25, -0.2) is 0 Å². The minimum Gasteiger partial charge on any atom is -0.316 e. The van der Waals surface area contributed by atoms with Crippen LogP contribution in [0.1, 0.15) is 44.9 Å². The van der Waals surface area contributed by atoms with E-state index in [0.29, 0.717) is 0 Å². The van der Waals surface area contributed by atoms with E-state index in [1.807, 2.05) is 0 Å². The highest BCUT2D eigenvalue weighted by molar-refractivity contribution is 4.82. The molecule has 0 radical (unpaired) electrons. The van der Waals surface area contributed by atoms with Crippen molar-refractivity contribution >= 4 is 0 Å². The van der Waals surface area contributed by atoms with Crippen LogP contribution in [0.2, 0.25) is 0 Å². The quantitative estimate of drug-likeness (QED) is 0.762. The predicted molar refractivity (Wildman–Crippen MR) is 72.1 cm³/mol. The molecule has 1 heterocycles. The summed E-state index contributed by atoms with van der Waals surface area (Å²) >= 11 is 0. The molecule has 1 atom stereocenters. The van der Waals surface area contributed by atoms with E-state index in [9.17, 15) is 0 Å². The first-order valence-corrected chi connectivity index (χ1v) is 7.83. The summed E-state index contributed by atoms with van der Waals surface area (Å²) in [5.74, 6) is 3.04. The third-order valence-electron chi connectivity index (χ3n) is 4.87. The molecule has 3 fully saturated rings. The lowest BCUT2D eigenvalue weighted by Gasteiger charge is -2.35. The fourth-order valence-corrected chi connectivity index (χ4v) is 3.37. The topological polar surface area (TPSA) is 15.3 Å². The van der Waals surface area contributed by atoms with Gasteiger partial charge in [0.2, 0.25) is 0 Å². The molecule has 0 amide bonds. The van der Waals surface area contributed by atoms with Gasteiger partial charge in [0.25, 0.3) is 0 Å². The molecule has 2 aliphatic carbocycles. The van der Waals surface area contributed by atoms with E-state index in [2.05, 4.69) is 10.2 Å². The van der Waals surface area contributed by atoms with Gasteiger partial charge in [-0.2, -0.15) is 0 Å². The van der Waals surface area contributed by atoms with Crippen molar-refractivity contribution in [2.75, 3.05) is 32.7 Å². The molecular weight excluding hydrogens is 208 g/mol. The Hall–Kier alpha value is -0.0800. The van der Waals surface area contributed by atoms with Crippen LogP contribution in [-0.4, -0.2) is 37.6 Å². The summed E-state index contributed by atoms with van der Waals surface area (Å²) in [4.78, 5) is 2.82. The second-order valence-electron chi connectivity index (χ2n) is 6.67. The van der Waals surface area contributed by atoms with Crippen LogP contribution in [-0.2, 0) is 0 Å². The maximum atomic E-state index is 3.56. The molecule has 0 aromatic carbocycles. The summed E-state index contributed by atoms with van der Waals surface area (Å²) in [5, 5.41) is 3.56. The van der Waals surface area contributed by atoms with Crippen LogP contribution in [0, 0.1) is 17.8 Å². The Morgan fingerprint density at radius 1 is 0.765 bits per heavy atom. The van der Waals surface area contributed by atoms with E-state index in [4.69, 9.17) is 0 Å². The van der Waals surface area contributed by atoms with Gasteiger partial charge in [-0.1, -0.05) is 6.42 Å². The lowest BCUT2D eigenvalue weighted by atomic mass is 9.84. The highest BCUT2D eigenvalue weighted by atomic mass is 15.1. The second kappa shape index (κ2) is 5.71. The van der Waals surface area contributed by atoms with Gasteiger partial charge >= 0.3 is 0 Å². The van der Waals surface area contributed by atoms with Crippen molar-refractivity contribution in [1.29, 1.82) is 0 Å². The van der Waals surface area contributed by atoms with Crippen LogP contribution in [0.15, 0.2) is 0 Å². The Balaban J connectivity index is 1.45. The number of rotatable bonds is 6. The summed E-state index contributed by atoms with van der Waals surface area (Å²) in [7, 11) is 0. The van der Waals surface area contributed by atoms with Crippen molar-refractivity contribution in [3.8, 4) is 0 Å². The maximum absolute atomic E-state index is 3.56. The largest absolute Gasteiger partial charge is 0.316 e. The Bertz CT molecular complexity index is 227. The molecule has 3 aliphatic rings. The van der Waals surface area contributed by atoms with Gasteiger partial charge < -0.3 is 10.2 Å². The lowest BCUT2D eigenvalue weighted by molar-refractivity contribution is 0.143. The van der Waals surface area contributed by atoms with E-state index < -0.39 is 0 Å². The summed E-state index contributed by atoms with van der Waals surface area (Å²) in [5.41, 5.74) is 0. The monoisotopic (exact) mass is 236 g/mol.